The molecule has 32 heavy (non-hydrogen) atoms. The minimum Gasteiger partial charge on any atom is -0.462 e. The second-order valence-corrected chi connectivity index (χ2v) is 7.63. The number of hydrogen-bond acceptors (Lipinski definition) is 6. The van der Waals surface area contributed by atoms with Gasteiger partial charge in [0.15, 0.2) is 0 Å². The van der Waals surface area contributed by atoms with E-state index in [1.165, 1.54) is 0 Å². The Bertz CT molecular complexity index is 1170. The Balaban J connectivity index is 1.65. The van der Waals surface area contributed by atoms with Gasteiger partial charge < -0.3 is 24.3 Å². The lowest BCUT2D eigenvalue weighted by Gasteiger charge is -2.27. The predicted octanol–water partition coefficient (Wildman–Crippen LogP) is 4.93. The third kappa shape index (κ3) is 4.15. The van der Waals surface area contributed by atoms with E-state index in [4.69, 9.17) is 21.1 Å². The van der Waals surface area contributed by atoms with E-state index in [1.807, 2.05) is 48.2 Å². The van der Waals surface area contributed by atoms with Crippen molar-refractivity contribution in [1.82, 2.24) is 4.57 Å². The molecule has 1 aliphatic rings. The maximum absolute atomic E-state index is 12.6. The van der Waals surface area contributed by atoms with E-state index in [9.17, 15) is 10.1 Å². The van der Waals surface area contributed by atoms with E-state index in [2.05, 4.69) is 11.4 Å². The van der Waals surface area contributed by atoms with Crippen LogP contribution < -0.4 is 10.2 Å². The number of anilines is 2. The number of benzene rings is 2. The number of carbonyl (C=O) groups is 1. The van der Waals surface area contributed by atoms with Crippen molar-refractivity contribution in [3.63, 3.8) is 0 Å². The van der Waals surface area contributed by atoms with Crippen molar-refractivity contribution in [2.75, 3.05) is 23.4 Å². The van der Waals surface area contributed by atoms with Crippen molar-refractivity contribution in [3.8, 4) is 11.8 Å². The zero-order valence-electron chi connectivity index (χ0n) is 17.8. The number of nitrogens with one attached hydrogen (secondary N) is 1. The molecule has 1 aliphatic heterocycles. The second kappa shape index (κ2) is 9.35. The third-order valence-electron chi connectivity index (χ3n) is 5.17. The summed E-state index contributed by atoms with van der Waals surface area (Å²) in [4.78, 5) is 14.6. The zero-order chi connectivity index (χ0) is 22.7. The molecule has 0 saturated heterocycles. The number of esters is 1. The molecule has 1 aromatic heterocycles. The van der Waals surface area contributed by atoms with Crippen molar-refractivity contribution in [2.45, 2.75) is 26.7 Å². The topological polar surface area (TPSA) is 79.5 Å². The lowest BCUT2D eigenvalue weighted by atomic mass is 10.1. The van der Waals surface area contributed by atoms with Gasteiger partial charge in [-0.05, 0) is 49.7 Å². The molecule has 7 nitrogen and oxygen atoms in total. The summed E-state index contributed by atoms with van der Waals surface area (Å²) in [6, 6.07) is 17.1. The Kier molecular flexibility index (Phi) is 6.35. The summed E-state index contributed by atoms with van der Waals surface area (Å²) in [5.74, 6) is -0.364. The highest BCUT2D eigenvalue weighted by atomic mass is 35.5. The summed E-state index contributed by atoms with van der Waals surface area (Å²) < 4.78 is 12.9. The number of nitriles is 1. The van der Waals surface area contributed by atoms with Crippen LogP contribution in [0.1, 0.15) is 35.5 Å². The number of fused-ring (bicyclic) bond motifs is 1. The number of carbonyl (C=O) groups excluding carboxylic acids is 1. The summed E-state index contributed by atoms with van der Waals surface area (Å²) >= 11 is 6.06. The van der Waals surface area contributed by atoms with Crippen LogP contribution in [0.25, 0.3) is 5.69 Å². The first-order valence-corrected chi connectivity index (χ1v) is 10.8. The van der Waals surface area contributed by atoms with Gasteiger partial charge in [-0.3, -0.25) is 0 Å². The number of rotatable bonds is 7. The maximum atomic E-state index is 12.6. The Labute approximate surface area is 191 Å². The molecule has 0 amide bonds. The lowest BCUT2D eigenvalue weighted by Crippen LogP contribution is -2.38. The van der Waals surface area contributed by atoms with Crippen LogP contribution in [0, 0.1) is 11.3 Å². The first-order valence-electron chi connectivity index (χ1n) is 10.4. The molecule has 2 aromatic carbocycles. The van der Waals surface area contributed by atoms with Gasteiger partial charge in [0.05, 0.1) is 28.6 Å². The molecule has 0 spiro atoms. The van der Waals surface area contributed by atoms with Crippen LogP contribution in [0.2, 0.25) is 5.02 Å². The predicted molar refractivity (Wildman–Crippen MR) is 123 cm³/mol. The van der Waals surface area contributed by atoms with Crippen molar-refractivity contribution in [2.24, 2.45) is 0 Å². The average Bonchev–Trinajstić information content (AvgIpc) is 3.34. The SMILES string of the molecule is CCOC(=O)c1cccc2c1N(Cc1ccc(-n3cc(Cl)cc3C#N)cc1)C(OCC)N2. The molecule has 1 unspecified atom stereocenters. The summed E-state index contributed by atoms with van der Waals surface area (Å²) in [7, 11) is 0. The number of hydrogen-bond donors (Lipinski definition) is 1. The smallest absolute Gasteiger partial charge is 0.340 e. The molecule has 164 valence electrons. The van der Waals surface area contributed by atoms with Crippen LogP contribution in [0.3, 0.4) is 0 Å². The molecule has 0 bridgehead atoms. The maximum Gasteiger partial charge on any atom is 0.340 e. The number of aromatic nitrogens is 1. The van der Waals surface area contributed by atoms with Crippen LogP contribution in [-0.4, -0.2) is 30.1 Å². The Morgan fingerprint density at radius 2 is 1.97 bits per heavy atom. The summed E-state index contributed by atoms with van der Waals surface area (Å²) in [6.45, 7) is 5.05. The van der Waals surface area contributed by atoms with E-state index in [-0.39, 0.29) is 5.97 Å². The van der Waals surface area contributed by atoms with Gasteiger partial charge in [-0.15, -0.1) is 0 Å². The highest BCUT2D eigenvalue weighted by molar-refractivity contribution is 6.30. The Hall–Kier alpha value is -3.47. The zero-order valence-corrected chi connectivity index (χ0v) is 18.6. The van der Waals surface area contributed by atoms with Crippen molar-refractivity contribution < 1.29 is 14.3 Å². The summed E-state index contributed by atoms with van der Waals surface area (Å²) in [6.07, 6.45) is 1.31. The molecule has 1 N–H and O–H groups in total. The molecule has 3 aromatic rings. The van der Waals surface area contributed by atoms with Crippen molar-refractivity contribution in [1.29, 1.82) is 5.26 Å². The standard InChI is InChI=1S/C24H23ClN4O3/c1-3-31-23(30)20-6-5-7-21-22(20)29(24(27-21)32-4-2)14-16-8-10-18(11-9-16)28-15-17(25)12-19(28)13-26/h5-12,15,24,27H,3-4,14H2,1-2H3. The number of nitrogens with zero attached hydrogens (tertiary/aromatic N) is 3. The quantitative estimate of drug-likeness (QED) is 0.514. The fraction of sp³-hybridized carbons (Fsp3) is 0.250. The van der Waals surface area contributed by atoms with Crippen LogP contribution in [0.5, 0.6) is 0 Å². The summed E-state index contributed by atoms with van der Waals surface area (Å²) in [5.41, 5.74) is 4.41. The van der Waals surface area contributed by atoms with Gasteiger partial charge in [0, 0.05) is 25.0 Å². The number of para-hydroxylation sites is 1. The molecule has 0 aliphatic carbocycles. The van der Waals surface area contributed by atoms with Crippen molar-refractivity contribution in [3.05, 3.63) is 76.6 Å². The van der Waals surface area contributed by atoms with Crippen LogP contribution in [-0.2, 0) is 16.0 Å². The normalized spacial score (nSPS) is 14.6. The average molecular weight is 451 g/mol. The molecule has 4 rings (SSSR count). The van der Waals surface area contributed by atoms with E-state index in [0.29, 0.717) is 36.0 Å². The minimum atomic E-state index is -0.404. The Morgan fingerprint density at radius 3 is 2.66 bits per heavy atom. The van der Waals surface area contributed by atoms with E-state index < -0.39 is 6.35 Å². The van der Waals surface area contributed by atoms with Gasteiger partial charge in [-0.2, -0.15) is 5.26 Å². The first-order chi connectivity index (χ1) is 15.5. The molecule has 2 heterocycles. The highest BCUT2D eigenvalue weighted by Crippen LogP contribution is 2.39. The molecule has 0 fully saturated rings. The van der Waals surface area contributed by atoms with E-state index >= 15 is 0 Å². The molecule has 8 heteroatoms. The lowest BCUT2D eigenvalue weighted by molar-refractivity contribution is 0.0525. The third-order valence-corrected chi connectivity index (χ3v) is 5.38. The molecule has 0 saturated carbocycles. The van der Waals surface area contributed by atoms with Gasteiger partial charge in [0.25, 0.3) is 0 Å². The van der Waals surface area contributed by atoms with E-state index in [0.717, 1.165) is 22.6 Å². The van der Waals surface area contributed by atoms with E-state index in [1.54, 1.807) is 29.8 Å². The summed E-state index contributed by atoms with van der Waals surface area (Å²) in [5, 5.41) is 13.2. The van der Waals surface area contributed by atoms with Crippen LogP contribution >= 0.6 is 11.6 Å². The van der Waals surface area contributed by atoms with Gasteiger partial charge in [0.1, 0.15) is 11.8 Å². The van der Waals surface area contributed by atoms with Gasteiger partial charge in [-0.1, -0.05) is 29.8 Å². The Morgan fingerprint density at radius 1 is 1.19 bits per heavy atom. The first kappa shape index (κ1) is 21.8. The molecule has 1 atom stereocenters. The van der Waals surface area contributed by atoms with Crippen LogP contribution in [0.4, 0.5) is 11.4 Å². The monoisotopic (exact) mass is 450 g/mol. The second-order valence-electron chi connectivity index (χ2n) is 7.19. The molecule has 0 radical (unpaired) electrons. The largest absolute Gasteiger partial charge is 0.462 e. The molecular weight excluding hydrogens is 428 g/mol. The van der Waals surface area contributed by atoms with Crippen molar-refractivity contribution >= 4 is 28.9 Å². The number of ether oxygens (including phenoxy) is 2. The number of halogens is 1. The fourth-order valence-corrected chi connectivity index (χ4v) is 4.01. The fourth-order valence-electron chi connectivity index (χ4n) is 3.81. The van der Waals surface area contributed by atoms with Gasteiger partial charge in [-0.25, -0.2) is 4.79 Å². The molecular formula is C24H23ClN4O3. The van der Waals surface area contributed by atoms with Crippen LogP contribution in [0.15, 0.2) is 54.7 Å². The van der Waals surface area contributed by atoms with Gasteiger partial charge >= 0.3 is 5.97 Å². The minimum absolute atomic E-state index is 0.306. The van der Waals surface area contributed by atoms with Gasteiger partial charge in [0.2, 0.25) is 6.35 Å². The highest BCUT2D eigenvalue weighted by Gasteiger charge is 2.33.